The van der Waals surface area contributed by atoms with Crippen LogP contribution in [0.15, 0.2) is 71.5 Å². The summed E-state index contributed by atoms with van der Waals surface area (Å²) in [5.41, 5.74) is 8.66. The Labute approximate surface area is 267 Å². The van der Waals surface area contributed by atoms with Gasteiger partial charge >= 0.3 is 0 Å². The summed E-state index contributed by atoms with van der Waals surface area (Å²) in [5, 5.41) is 0. The van der Waals surface area contributed by atoms with Gasteiger partial charge in [-0.25, -0.2) is 0 Å². The maximum atomic E-state index is 7.34. The maximum Gasteiger partial charge on any atom is 0.203 e. The average molecular weight is 609 g/mol. The van der Waals surface area contributed by atoms with E-state index in [2.05, 4.69) is 85.4 Å². The maximum absolute atomic E-state index is 7.34. The molecule has 7 nitrogen and oxygen atoms in total. The van der Waals surface area contributed by atoms with Gasteiger partial charge in [-0.1, -0.05) is 24.3 Å². The Bertz CT molecular complexity index is 1660. The van der Waals surface area contributed by atoms with E-state index in [-0.39, 0.29) is 18.2 Å². The zero-order valence-corrected chi connectivity index (χ0v) is 27.3. The van der Waals surface area contributed by atoms with Crippen LogP contribution in [0.1, 0.15) is 46.7 Å². The summed E-state index contributed by atoms with van der Waals surface area (Å²) in [6.07, 6.45) is 6.23. The van der Waals surface area contributed by atoms with Crippen molar-refractivity contribution in [1.82, 2.24) is 9.80 Å². The van der Waals surface area contributed by atoms with Crippen LogP contribution in [0.3, 0.4) is 0 Å². The third-order valence-electron chi connectivity index (χ3n) is 10.2. The first-order valence-electron chi connectivity index (χ1n) is 16.1. The van der Waals surface area contributed by atoms with Gasteiger partial charge in [0.25, 0.3) is 0 Å². The quantitative estimate of drug-likeness (QED) is 0.324. The number of ether oxygens (including phenoxy) is 5. The Kier molecular flexibility index (Phi) is 8.00. The fourth-order valence-corrected chi connectivity index (χ4v) is 7.62. The van der Waals surface area contributed by atoms with Crippen LogP contribution >= 0.6 is 0 Å². The molecule has 5 aliphatic rings. The van der Waals surface area contributed by atoms with Crippen LogP contribution in [-0.4, -0.2) is 70.5 Å². The van der Waals surface area contributed by atoms with Crippen LogP contribution in [0.2, 0.25) is 0 Å². The SMILES string of the molecule is COC1=CC2=C3C(C1)Oc1c(OC)c(OC)cc4c1C(Cc1ccc(C)c(c1)Oc1ccc(cc1)CC3N(C)CC2)N(C)CC4. The van der Waals surface area contributed by atoms with Crippen LogP contribution in [0, 0.1) is 6.92 Å². The number of nitrogens with zero attached hydrogens (tertiary/aromatic N) is 2. The second-order valence-electron chi connectivity index (χ2n) is 12.9. The highest BCUT2D eigenvalue weighted by Gasteiger charge is 2.39. The van der Waals surface area contributed by atoms with Gasteiger partial charge in [-0.2, -0.15) is 0 Å². The molecule has 3 atom stereocenters. The summed E-state index contributed by atoms with van der Waals surface area (Å²) in [6, 6.07) is 17.6. The van der Waals surface area contributed by atoms with Crippen LogP contribution in [0.5, 0.6) is 28.7 Å². The topological polar surface area (TPSA) is 52.6 Å². The highest BCUT2D eigenvalue weighted by molar-refractivity contribution is 5.62. The summed E-state index contributed by atoms with van der Waals surface area (Å²) < 4.78 is 31.8. The zero-order valence-electron chi connectivity index (χ0n) is 27.3. The Hall–Kier alpha value is -3.94. The normalized spacial score (nSPS) is 23.2. The molecule has 3 aromatic rings. The number of hydrogen-bond acceptors (Lipinski definition) is 7. The lowest BCUT2D eigenvalue weighted by molar-refractivity contribution is 0.142. The minimum absolute atomic E-state index is 0.0768. The first-order valence-corrected chi connectivity index (χ1v) is 16.1. The van der Waals surface area contributed by atoms with Crippen molar-refractivity contribution in [2.45, 2.75) is 57.2 Å². The second-order valence-corrected chi connectivity index (χ2v) is 12.9. The van der Waals surface area contributed by atoms with Crippen LogP contribution < -0.4 is 18.9 Å². The summed E-state index contributed by atoms with van der Waals surface area (Å²) in [5.74, 6) is 4.82. The zero-order chi connectivity index (χ0) is 31.2. The van der Waals surface area contributed by atoms with Crippen molar-refractivity contribution < 1.29 is 23.7 Å². The molecule has 0 aromatic heterocycles. The molecule has 7 heteroatoms. The van der Waals surface area contributed by atoms with Gasteiger partial charge in [-0.15, -0.1) is 0 Å². The van der Waals surface area contributed by atoms with Gasteiger partial charge in [-0.3, -0.25) is 9.80 Å². The highest BCUT2D eigenvalue weighted by Crippen LogP contribution is 2.50. The van der Waals surface area contributed by atoms with Crippen molar-refractivity contribution in [3.8, 4) is 28.7 Å². The van der Waals surface area contributed by atoms with Crippen LogP contribution in [0.4, 0.5) is 0 Å². The van der Waals surface area contributed by atoms with Crippen molar-refractivity contribution >= 4 is 0 Å². The molecular weight excluding hydrogens is 564 g/mol. The Balaban J connectivity index is 1.45. The minimum atomic E-state index is -0.213. The number of benzene rings is 3. The molecule has 8 rings (SSSR count). The van der Waals surface area contributed by atoms with Gasteiger partial charge < -0.3 is 23.7 Å². The lowest BCUT2D eigenvalue weighted by Crippen LogP contribution is -2.46. The molecule has 0 N–H and O–H groups in total. The molecule has 0 spiro atoms. The van der Waals surface area contributed by atoms with E-state index in [0.29, 0.717) is 17.9 Å². The molecular formula is C38H44N2O5. The standard InChI is InChI=1S/C38H44N2O5/c1-23-7-8-25-18-31-36-27(14-16-40(31)3)21-34(42-5)37(43-6)38(36)45-33-22-29(41-4)20-26-13-15-39(2)30(35(26)33)17-24-9-11-28(12-10-24)44-32(23)19-25/h7-12,19-21,30-31,33H,13-18,22H2,1-6H3. The Morgan fingerprint density at radius 1 is 0.778 bits per heavy atom. The van der Waals surface area contributed by atoms with E-state index in [4.69, 9.17) is 23.7 Å². The highest BCUT2D eigenvalue weighted by atomic mass is 16.5. The number of rotatable bonds is 3. The number of likely N-dealkylation sites (N-methyl/N-ethyl adjacent to an activating group) is 2. The lowest BCUT2D eigenvalue weighted by atomic mass is 9.81. The van der Waals surface area contributed by atoms with Gasteiger partial charge in [0.2, 0.25) is 5.75 Å². The summed E-state index contributed by atoms with van der Waals surface area (Å²) in [4.78, 5) is 4.92. The molecule has 0 amide bonds. The van der Waals surface area contributed by atoms with Crippen molar-refractivity contribution in [3.05, 3.63) is 99.3 Å². The fraction of sp³-hybridized carbons (Fsp3) is 0.421. The van der Waals surface area contributed by atoms with E-state index in [1.807, 2.05) is 0 Å². The Morgan fingerprint density at radius 3 is 2.27 bits per heavy atom. The van der Waals surface area contributed by atoms with E-state index in [0.717, 1.165) is 67.3 Å². The summed E-state index contributed by atoms with van der Waals surface area (Å²) in [6.45, 7) is 4.02. The van der Waals surface area contributed by atoms with E-state index in [1.165, 1.54) is 33.4 Å². The van der Waals surface area contributed by atoms with E-state index < -0.39 is 0 Å². The summed E-state index contributed by atoms with van der Waals surface area (Å²) in [7, 11) is 9.63. The molecule has 3 aromatic carbocycles. The molecule has 0 radical (unpaired) electrons. The third kappa shape index (κ3) is 5.46. The van der Waals surface area contributed by atoms with Gasteiger partial charge in [-0.05, 0) is 110 Å². The van der Waals surface area contributed by atoms with Gasteiger partial charge in [0.05, 0.1) is 27.1 Å². The largest absolute Gasteiger partial charge is 0.501 e. The van der Waals surface area contributed by atoms with Gasteiger partial charge in [0.1, 0.15) is 17.6 Å². The number of allylic oxidation sites excluding steroid dienone is 1. The van der Waals surface area contributed by atoms with Crippen molar-refractivity contribution in [2.75, 3.05) is 48.5 Å². The first-order chi connectivity index (χ1) is 21.9. The molecule has 3 unspecified atom stereocenters. The number of methoxy groups -OCH3 is 3. The predicted molar refractivity (Wildman–Crippen MR) is 176 cm³/mol. The molecule has 1 aliphatic carbocycles. The second kappa shape index (κ2) is 12.1. The van der Waals surface area contributed by atoms with Crippen molar-refractivity contribution in [2.24, 2.45) is 0 Å². The predicted octanol–water partition coefficient (Wildman–Crippen LogP) is 6.81. The average Bonchev–Trinajstić information content (AvgIpc) is 3.05. The molecule has 4 aliphatic heterocycles. The number of fused-ring (bicyclic) bond motifs is 2. The molecule has 0 saturated carbocycles. The van der Waals surface area contributed by atoms with E-state index in [9.17, 15) is 0 Å². The van der Waals surface area contributed by atoms with Crippen molar-refractivity contribution in [3.63, 3.8) is 0 Å². The smallest absolute Gasteiger partial charge is 0.203 e. The number of aryl methyl sites for hydroxylation is 1. The molecule has 4 bridgehead atoms. The molecule has 236 valence electrons. The minimum Gasteiger partial charge on any atom is -0.501 e. The summed E-state index contributed by atoms with van der Waals surface area (Å²) >= 11 is 0. The van der Waals surface area contributed by atoms with E-state index >= 15 is 0 Å². The third-order valence-corrected chi connectivity index (χ3v) is 10.2. The Morgan fingerprint density at radius 2 is 1.51 bits per heavy atom. The van der Waals surface area contributed by atoms with Crippen molar-refractivity contribution in [1.29, 1.82) is 0 Å². The van der Waals surface area contributed by atoms with Crippen LogP contribution in [0.25, 0.3) is 0 Å². The molecule has 4 heterocycles. The molecule has 0 saturated heterocycles. The number of hydrogen-bond donors (Lipinski definition) is 0. The lowest BCUT2D eigenvalue weighted by Gasteiger charge is -2.42. The van der Waals surface area contributed by atoms with Gasteiger partial charge in [0, 0.05) is 37.2 Å². The first kappa shape index (κ1) is 29.8. The van der Waals surface area contributed by atoms with E-state index in [1.54, 1.807) is 21.3 Å². The monoisotopic (exact) mass is 608 g/mol. The van der Waals surface area contributed by atoms with Gasteiger partial charge in [0.15, 0.2) is 11.5 Å². The molecule has 0 fully saturated rings. The van der Waals surface area contributed by atoms with Crippen LogP contribution in [-0.2, 0) is 24.0 Å². The fourth-order valence-electron chi connectivity index (χ4n) is 7.62. The molecule has 45 heavy (non-hydrogen) atoms.